The van der Waals surface area contributed by atoms with Gasteiger partial charge in [0.2, 0.25) is 0 Å². The Labute approximate surface area is 162 Å². The van der Waals surface area contributed by atoms with Gasteiger partial charge in [0.1, 0.15) is 11.5 Å². The first kappa shape index (κ1) is 19.5. The predicted molar refractivity (Wildman–Crippen MR) is 104 cm³/mol. The van der Waals surface area contributed by atoms with E-state index >= 15 is 0 Å². The van der Waals surface area contributed by atoms with Crippen LogP contribution in [-0.2, 0) is 22.5 Å². The summed E-state index contributed by atoms with van der Waals surface area (Å²) in [7, 11) is 1.27. The Balaban J connectivity index is 1.91. The lowest BCUT2D eigenvalue weighted by atomic mass is 10.0. The highest BCUT2D eigenvalue weighted by atomic mass is 16.6. The van der Waals surface area contributed by atoms with E-state index in [0.717, 1.165) is 31.0 Å². The van der Waals surface area contributed by atoms with Gasteiger partial charge in [0.05, 0.1) is 18.1 Å². The van der Waals surface area contributed by atoms with Gasteiger partial charge in [-0.15, -0.1) is 10.2 Å². The highest BCUT2D eigenvalue weighted by Crippen LogP contribution is 2.33. The number of nitrogens with one attached hydrogen (secondary N) is 1. The van der Waals surface area contributed by atoms with Gasteiger partial charge in [-0.2, -0.15) is 0 Å². The molecule has 0 saturated heterocycles. The third kappa shape index (κ3) is 4.03. The van der Waals surface area contributed by atoms with Crippen LogP contribution < -0.4 is 5.32 Å². The fourth-order valence-electron chi connectivity index (χ4n) is 3.26. The van der Waals surface area contributed by atoms with E-state index in [4.69, 9.17) is 0 Å². The van der Waals surface area contributed by atoms with Crippen molar-refractivity contribution in [3.8, 4) is 0 Å². The molecule has 1 aliphatic rings. The Morgan fingerprint density at radius 1 is 1.39 bits per heavy atom. The Hall–Kier alpha value is -3.23. The van der Waals surface area contributed by atoms with Crippen molar-refractivity contribution in [2.75, 3.05) is 12.4 Å². The average Bonchev–Trinajstić information content (AvgIpc) is 3.28. The minimum Gasteiger partial charge on any atom is -0.466 e. The Bertz CT molecular complexity index is 919. The molecule has 28 heavy (non-hydrogen) atoms. The van der Waals surface area contributed by atoms with E-state index in [2.05, 4.69) is 24.8 Å². The van der Waals surface area contributed by atoms with Crippen LogP contribution in [0, 0.1) is 16.0 Å². The van der Waals surface area contributed by atoms with E-state index in [0.29, 0.717) is 11.3 Å². The second-order valence-electron chi connectivity index (χ2n) is 6.99. The summed E-state index contributed by atoms with van der Waals surface area (Å²) in [6.45, 7) is 4.93. The van der Waals surface area contributed by atoms with Crippen LogP contribution in [0.5, 0.6) is 0 Å². The van der Waals surface area contributed by atoms with Crippen LogP contribution in [-0.4, -0.2) is 32.8 Å². The number of aromatic nitrogens is 3. The molecule has 1 unspecified atom stereocenters. The van der Waals surface area contributed by atoms with Crippen molar-refractivity contribution in [2.24, 2.45) is 5.92 Å². The first-order valence-corrected chi connectivity index (χ1v) is 9.13. The lowest BCUT2D eigenvalue weighted by Crippen LogP contribution is -2.21. The Kier molecular flexibility index (Phi) is 5.72. The third-order valence-electron chi connectivity index (χ3n) is 4.73. The molecule has 0 amide bonds. The lowest BCUT2D eigenvalue weighted by molar-refractivity contribution is -0.384. The molecule has 1 aromatic carbocycles. The molecule has 3 rings (SSSR count). The molecule has 0 spiro atoms. The van der Waals surface area contributed by atoms with E-state index in [1.807, 2.05) is 13.8 Å². The average molecular weight is 385 g/mol. The number of methoxy groups -OCH3 is 1. The molecule has 0 aliphatic carbocycles. The highest BCUT2D eigenvalue weighted by Gasteiger charge is 2.28. The largest absolute Gasteiger partial charge is 0.466 e. The maximum absolute atomic E-state index is 11.6. The molecule has 1 aliphatic heterocycles. The molecule has 9 nitrogen and oxygen atoms in total. The number of nitrogens with zero attached hydrogens (tertiary/aromatic N) is 4. The number of esters is 1. The molecule has 1 atom stereocenters. The van der Waals surface area contributed by atoms with E-state index in [9.17, 15) is 14.9 Å². The van der Waals surface area contributed by atoms with Gasteiger partial charge in [-0.05, 0) is 30.0 Å². The summed E-state index contributed by atoms with van der Waals surface area (Å²) < 4.78 is 6.64. The van der Waals surface area contributed by atoms with E-state index in [-0.39, 0.29) is 17.6 Å². The molecule has 0 saturated carbocycles. The van der Waals surface area contributed by atoms with Crippen LogP contribution in [0.25, 0.3) is 6.08 Å². The first-order chi connectivity index (χ1) is 13.4. The summed E-state index contributed by atoms with van der Waals surface area (Å²) in [5.41, 5.74) is 0.861. The van der Waals surface area contributed by atoms with Gasteiger partial charge in [-0.3, -0.25) is 10.1 Å². The van der Waals surface area contributed by atoms with Crippen LogP contribution in [0.15, 0.2) is 24.3 Å². The quantitative estimate of drug-likeness (QED) is 0.337. The smallest absolute Gasteiger partial charge is 0.330 e. The van der Waals surface area contributed by atoms with Gasteiger partial charge >= 0.3 is 5.97 Å². The van der Waals surface area contributed by atoms with Crippen molar-refractivity contribution in [3.63, 3.8) is 0 Å². The second-order valence-corrected chi connectivity index (χ2v) is 6.99. The maximum atomic E-state index is 11.6. The number of aryl methyl sites for hydroxylation is 1. The number of fused-ring (bicyclic) bond motifs is 1. The number of carbonyl (C=O) groups is 1. The molecule has 9 heteroatoms. The number of hydrogen-bond acceptors (Lipinski definition) is 7. The summed E-state index contributed by atoms with van der Waals surface area (Å²) in [4.78, 5) is 22.4. The minimum atomic E-state index is -0.523. The van der Waals surface area contributed by atoms with E-state index < -0.39 is 10.9 Å². The van der Waals surface area contributed by atoms with Crippen molar-refractivity contribution in [1.82, 2.24) is 14.8 Å². The number of nitro groups is 1. The topological polar surface area (TPSA) is 112 Å². The molecule has 0 radical (unpaired) electrons. The molecule has 1 aromatic heterocycles. The van der Waals surface area contributed by atoms with Gasteiger partial charge in [0.15, 0.2) is 5.82 Å². The molecular weight excluding hydrogens is 362 g/mol. The Morgan fingerprint density at radius 2 is 2.18 bits per heavy atom. The number of nitro benzene ring substituents is 1. The Morgan fingerprint density at radius 3 is 2.86 bits per heavy atom. The van der Waals surface area contributed by atoms with Crippen LogP contribution in [0.3, 0.4) is 0 Å². The zero-order valence-electron chi connectivity index (χ0n) is 16.1. The SMILES string of the molecule is COC(=O)C=Cc1ccc(NC(c2nnc3n2CCC3)C(C)C)c([N+](=O)[O-])c1. The second kappa shape index (κ2) is 8.20. The summed E-state index contributed by atoms with van der Waals surface area (Å²) >= 11 is 0. The van der Waals surface area contributed by atoms with Crippen molar-refractivity contribution in [3.05, 3.63) is 51.6 Å². The van der Waals surface area contributed by atoms with Gasteiger partial charge in [-0.1, -0.05) is 19.9 Å². The van der Waals surface area contributed by atoms with Gasteiger partial charge in [0.25, 0.3) is 5.69 Å². The maximum Gasteiger partial charge on any atom is 0.330 e. The van der Waals surface area contributed by atoms with Crippen LogP contribution >= 0.6 is 0 Å². The molecule has 0 bridgehead atoms. The minimum absolute atomic E-state index is 0.0705. The van der Waals surface area contributed by atoms with Gasteiger partial charge < -0.3 is 14.6 Å². The molecular formula is C19H23N5O4. The predicted octanol–water partition coefficient (Wildman–Crippen LogP) is 3.13. The molecule has 2 aromatic rings. The summed E-state index contributed by atoms with van der Waals surface area (Å²) in [6.07, 6.45) is 4.64. The normalized spacial score (nSPS) is 14.3. The number of hydrogen-bond donors (Lipinski definition) is 1. The lowest BCUT2D eigenvalue weighted by Gasteiger charge is -2.23. The van der Waals surface area contributed by atoms with Crippen LogP contribution in [0.1, 0.15) is 43.5 Å². The fraction of sp³-hybridized carbons (Fsp3) is 0.421. The summed E-state index contributed by atoms with van der Waals surface area (Å²) in [6, 6.07) is 4.56. The zero-order chi connectivity index (χ0) is 20.3. The van der Waals surface area contributed by atoms with E-state index in [1.54, 1.807) is 12.1 Å². The van der Waals surface area contributed by atoms with Crippen molar-refractivity contribution in [1.29, 1.82) is 0 Å². The van der Waals surface area contributed by atoms with E-state index in [1.165, 1.54) is 25.3 Å². The number of benzene rings is 1. The fourth-order valence-corrected chi connectivity index (χ4v) is 3.26. The van der Waals surface area contributed by atoms with Gasteiger partial charge in [-0.25, -0.2) is 4.79 Å². The highest BCUT2D eigenvalue weighted by molar-refractivity contribution is 5.87. The number of anilines is 1. The number of rotatable bonds is 7. The van der Waals surface area contributed by atoms with Crippen molar-refractivity contribution in [2.45, 2.75) is 39.3 Å². The first-order valence-electron chi connectivity index (χ1n) is 9.13. The van der Waals surface area contributed by atoms with Crippen molar-refractivity contribution >= 4 is 23.4 Å². The summed E-state index contributed by atoms with van der Waals surface area (Å²) in [5, 5.41) is 23.5. The molecule has 2 heterocycles. The van der Waals surface area contributed by atoms with Crippen LogP contribution in [0.4, 0.5) is 11.4 Å². The molecule has 1 N–H and O–H groups in total. The standard InChI is InChI=1S/C19H23N5O4/c1-12(2)18(19-22-21-16-5-4-10-23(16)19)20-14-8-6-13(7-9-17(25)28-3)11-15(14)24(26)27/h6-9,11-12,18,20H,4-5,10H2,1-3H3. The van der Waals surface area contributed by atoms with Gasteiger partial charge in [0, 0.05) is 25.1 Å². The van der Waals surface area contributed by atoms with Crippen molar-refractivity contribution < 1.29 is 14.5 Å². The zero-order valence-corrected chi connectivity index (χ0v) is 16.1. The molecule has 0 fully saturated rings. The third-order valence-corrected chi connectivity index (χ3v) is 4.73. The number of ether oxygens (including phenoxy) is 1. The summed E-state index contributed by atoms with van der Waals surface area (Å²) in [5.74, 6) is 1.38. The monoisotopic (exact) mass is 385 g/mol. The van der Waals surface area contributed by atoms with Crippen LogP contribution in [0.2, 0.25) is 0 Å². The number of carbonyl (C=O) groups excluding carboxylic acids is 1. The molecule has 148 valence electrons.